The fourth-order valence-corrected chi connectivity index (χ4v) is 3.35. The predicted molar refractivity (Wildman–Crippen MR) is 97.8 cm³/mol. The van der Waals surface area contributed by atoms with Crippen LogP contribution in [0.4, 0.5) is 11.6 Å². The molecule has 1 aromatic carbocycles. The summed E-state index contributed by atoms with van der Waals surface area (Å²) in [4.78, 5) is 21.4. The van der Waals surface area contributed by atoms with Gasteiger partial charge in [0.05, 0.1) is 0 Å². The summed E-state index contributed by atoms with van der Waals surface area (Å²) in [6.45, 7) is 2.07. The third-order valence-corrected chi connectivity index (χ3v) is 4.66. The average molecular weight is 354 g/mol. The molecule has 0 radical (unpaired) electrons. The van der Waals surface area contributed by atoms with Gasteiger partial charge in [0.15, 0.2) is 11.5 Å². The van der Waals surface area contributed by atoms with Crippen molar-refractivity contribution in [3.05, 3.63) is 35.7 Å². The largest absolute Gasteiger partial charge is 0.454 e. The number of aryl methyl sites for hydroxylation is 1. The monoisotopic (exact) mass is 354 g/mol. The van der Waals surface area contributed by atoms with Gasteiger partial charge in [0, 0.05) is 23.5 Å². The highest BCUT2D eigenvalue weighted by atomic mass is 16.7. The minimum absolute atomic E-state index is 0.202. The second-order valence-electron chi connectivity index (χ2n) is 6.72. The zero-order valence-electron chi connectivity index (χ0n) is 14.7. The zero-order valence-corrected chi connectivity index (χ0v) is 14.7. The highest BCUT2D eigenvalue weighted by molar-refractivity contribution is 6.03. The van der Waals surface area contributed by atoms with Crippen molar-refractivity contribution >= 4 is 17.5 Å². The summed E-state index contributed by atoms with van der Waals surface area (Å²) in [7, 11) is 0. The van der Waals surface area contributed by atoms with E-state index in [2.05, 4.69) is 20.6 Å². The van der Waals surface area contributed by atoms with E-state index in [0.29, 0.717) is 34.9 Å². The van der Waals surface area contributed by atoms with Gasteiger partial charge in [-0.05, 0) is 38.0 Å². The van der Waals surface area contributed by atoms with Crippen LogP contribution >= 0.6 is 0 Å². The number of amides is 1. The molecular formula is C19H22N4O3. The molecule has 2 N–H and O–H groups in total. The summed E-state index contributed by atoms with van der Waals surface area (Å²) < 4.78 is 10.6. The summed E-state index contributed by atoms with van der Waals surface area (Å²) in [5, 5.41) is 6.23. The van der Waals surface area contributed by atoms with Gasteiger partial charge in [0.1, 0.15) is 5.69 Å². The van der Waals surface area contributed by atoms with Gasteiger partial charge in [-0.15, -0.1) is 0 Å². The Morgan fingerprint density at radius 3 is 2.73 bits per heavy atom. The van der Waals surface area contributed by atoms with E-state index in [0.717, 1.165) is 18.5 Å². The maximum Gasteiger partial charge on any atom is 0.274 e. The maximum absolute atomic E-state index is 12.6. The van der Waals surface area contributed by atoms with Crippen molar-refractivity contribution in [2.24, 2.45) is 0 Å². The van der Waals surface area contributed by atoms with Crippen molar-refractivity contribution in [2.45, 2.75) is 45.1 Å². The van der Waals surface area contributed by atoms with Gasteiger partial charge in [-0.1, -0.05) is 19.3 Å². The first-order chi connectivity index (χ1) is 12.7. The van der Waals surface area contributed by atoms with Crippen LogP contribution in [0, 0.1) is 6.92 Å². The molecule has 136 valence electrons. The number of fused-ring (bicyclic) bond motifs is 1. The highest BCUT2D eigenvalue weighted by Crippen LogP contribution is 2.34. The van der Waals surface area contributed by atoms with Gasteiger partial charge in [0.2, 0.25) is 12.7 Å². The van der Waals surface area contributed by atoms with Crippen LogP contribution in [0.1, 0.15) is 48.3 Å². The molecule has 2 aromatic rings. The van der Waals surface area contributed by atoms with E-state index in [1.165, 1.54) is 19.3 Å². The van der Waals surface area contributed by atoms with E-state index in [-0.39, 0.29) is 12.7 Å². The lowest BCUT2D eigenvalue weighted by atomic mass is 9.96. The molecule has 7 heteroatoms. The Labute approximate surface area is 152 Å². The van der Waals surface area contributed by atoms with Crippen LogP contribution in [-0.4, -0.2) is 28.7 Å². The molecule has 0 atom stereocenters. The van der Waals surface area contributed by atoms with Crippen molar-refractivity contribution in [1.29, 1.82) is 0 Å². The number of aromatic nitrogens is 2. The van der Waals surface area contributed by atoms with Gasteiger partial charge < -0.3 is 20.1 Å². The normalized spacial score (nSPS) is 16.3. The topological polar surface area (TPSA) is 85.4 Å². The lowest BCUT2D eigenvalue weighted by Crippen LogP contribution is -2.24. The molecular weight excluding hydrogens is 332 g/mol. The van der Waals surface area contributed by atoms with Crippen LogP contribution in [0.3, 0.4) is 0 Å². The van der Waals surface area contributed by atoms with Crippen molar-refractivity contribution < 1.29 is 14.3 Å². The minimum atomic E-state index is -0.277. The summed E-state index contributed by atoms with van der Waals surface area (Å²) in [5.41, 5.74) is 1.74. The van der Waals surface area contributed by atoms with Crippen LogP contribution < -0.4 is 20.1 Å². The van der Waals surface area contributed by atoms with E-state index < -0.39 is 0 Å². The Morgan fingerprint density at radius 2 is 1.88 bits per heavy atom. The molecule has 1 amide bonds. The number of carbonyl (C=O) groups is 1. The second kappa shape index (κ2) is 7.19. The third-order valence-electron chi connectivity index (χ3n) is 4.66. The summed E-state index contributed by atoms with van der Waals surface area (Å²) in [5.74, 6) is 1.55. The van der Waals surface area contributed by atoms with E-state index in [9.17, 15) is 4.79 Å². The molecule has 1 aliphatic carbocycles. The Kier molecular flexibility index (Phi) is 4.60. The standard InChI is InChI=1S/C19H22N4O3/c1-12-9-15(23-19(20-12)22-13-5-3-2-4-6-13)18(24)21-14-7-8-16-17(10-14)26-11-25-16/h7-10,13H,2-6,11H2,1H3,(H,21,24)(H,20,22,23). The fourth-order valence-electron chi connectivity index (χ4n) is 3.35. The van der Waals surface area contributed by atoms with E-state index in [1.807, 2.05) is 6.92 Å². The molecule has 1 aromatic heterocycles. The summed E-state index contributed by atoms with van der Waals surface area (Å²) in [6.07, 6.45) is 5.98. The lowest BCUT2D eigenvalue weighted by molar-refractivity contribution is 0.102. The first kappa shape index (κ1) is 16.6. The van der Waals surface area contributed by atoms with E-state index in [1.54, 1.807) is 24.3 Å². The molecule has 0 unspecified atom stereocenters. The van der Waals surface area contributed by atoms with Crippen LogP contribution in [0.15, 0.2) is 24.3 Å². The zero-order chi connectivity index (χ0) is 17.9. The summed E-state index contributed by atoms with van der Waals surface area (Å²) >= 11 is 0. The minimum Gasteiger partial charge on any atom is -0.454 e. The number of hydrogen-bond donors (Lipinski definition) is 2. The van der Waals surface area contributed by atoms with Crippen molar-refractivity contribution in [3.63, 3.8) is 0 Å². The van der Waals surface area contributed by atoms with Gasteiger partial charge in [-0.2, -0.15) is 0 Å². The van der Waals surface area contributed by atoms with Crippen molar-refractivity contribution in [2.75, 3.05) is 17.4 Å². The first-order valence-corrected chi connectivity index (χ1v) is 9.00. The Balaban J connectivity index is 1.48. The third kappa shape index (κ3) is 3.71. The molecule has 1 aliphatic heterocycles. The highest BCUT2D eigenvalue weighted by Gasteiger charge is 2.18. The van der Waals surface area contributed by atoms with Crippen LogP contribution in [0.2, 0.25) is 0 Å². The lowest BCUT2D eigenvalue weighted by Gasteiger charge is -2.23. The molecule has 26 heavy (non-hydrogen) atoms. The maximum atomic E-state index is 12.6. The van der Waals surface area contributed by atoms with Crippen molar-refractivity contribution in [1.82, 2.24) is 9.97 Å². The molecule has 0 bridgehead atoms. The molecule has 1 saturated carbocycles. The molecule has 0 saturated heterocycles. The molecule has 4 rings (SSSR count). The van der Waals surface area contributed by atoms with Crippen LogP contribution in [0.5, 0.6) is 11.5 Å². The van der Waals surface area contributed by atoms with Gasteiger partial charge in [-0.3, -0.25) is 4.79 Å². The number of rotatable bonds is 4. The number of nitrogens with one attached hydrogen (secondary N) is 2. The van der Waals surface area contributed by atoms with Gasteiger partial charge in [0.25, 0.3) is 5.91 Å². The molecule has 2 aliphatic rings. The number of anilines is 2. The summed E-state index contributed by atoms with van der Waals surface area (Å²) in [6, 6.07) is 7.37. The number of ether oxygens (including phenoxy) is 2. The first-order valence-electron chi connectivity index (χ1n) is 9.00. The number of hydrogen-bond acceptors (Lipinski definition) is 6. The number of benzene rings is 1. The second-order valence-corrected chi connectivity index (χ2v) is 6.72. The SMILES string of the molecule is Cc1cc(C(=O)Nc2ccc3c(c2)OCO3)nc(NC2CCCCC2)n1. The average Bonchev–Trinajstić information content (AvgIpc) is 3.10. The molecule has 7 nitrogen and oxygen atoms in total. The van der Waals surface area contributed by atoms with Gasteiger partial charge >= 0.3 is 0 Å². The number of nitrogens with zero attached hydrogens (tertiary/aromatic N) is 2. The molecule has 1 fully saturated rings. The fraction of sp³-hybridized carbons (Fsp3) is 0.421. The van der Waals surface area contributed by atoms with Crippen LogP contribution in [-0.2, 0) is 0 Å². The molecule has 2 heterocycles. The Morgan fingerprint density at radius 1 is 1.08 bits per heavy atom. The quantitative estimate of drug-likeness (QED) is 0.874. The Bertz CT molecular complexity index is 818. The Hall–Kier alpha value is -2.83. The van der Waals surface area contributed by atoms with Crippen molar-refractivity contribution in [3.8, 4) is 11.5 Å². The van der Waals surface area contributed by atoms with Crippen LogP contribution in [0.25, 0.3) is 0 Å². The predicted octanol–water partition coefficient (Wildman–Crippen LogP) is 3.51. The smallest absolute Gasteiger partial charge is 0.274 e. The number of carbonyl (C=O) groups excluding carboxylic acids is 1. The molecule has 0 spiro atoms. The van der Waals surface area contributed by atoms with E-state index in [4.69, 9.17) is 9.47 Å². The van der Waals surface area contributed by atoms with E-state index >= 15 is 0 Å². The van der Waals surface area contributed by atoms with Gasteiger partial charge in [-0.25, -0.2) is 9.97 Å².